The largest absolute Gasteiger partial charge is 0.396 e. The summed E-state index contributed by atoms with van der Waals surface area (Å²) < 4.78 is 7.00. The Morgan fingerprint density at radius 2 is 2.38 bits per heavy atom. The van der Waals surface area contributed by atoms with Gasteiger partial charge in [0.05, 0.1) is 18.6 Å². The van der Waals surface area contributed by atoms with E-state index in [1.807, 2.05) is 12.5 Å². The lowest BCUT2D eigenvalue weighted by Crippen LogP contribution is -2.18. The molecule has 0 atom stereocenters. The fourth-order valence-corrected chi connectivity index (χ4v) is 1.42. The molecule has 16 heavy (non-hydrogen) atoms. The highest BCUT2D eigenvalue weighted by Gasteiger charge is 1.98. The van der Waals surface area contributed by atoms with Crippen LogP contribution in [0.25, 0.3) is 0 Å². The minimum atomic E-state index is 0.264. The highest BCUT2D eigenvalue weighted by atomic mass is 16.5. The molecule has 0 saturated carbocycles. The average Bonchev–Trinajstić information content (AvgIpc) is 2.73. The van der Waals surface area contributed by atoms with Gasteiger partial charge >= 0.3 is 0 Å². The lowest BCUT2D eigenvalue weighted by molar-refractivity contribution is 0.199. The lowest BCUT2D eigenvalue weighted by atomic mass is 10.3. The summed E-state index contributed by atoms with van der Waals surface area (Å²) >= 11 is 0. The first-order chi connectivity index (χ1) is 7.86. The maximum atomic E-state index is 8.67. The molecule has 5 heteroatoms. The molecule has 0 radical (unpaired) electrons. The zero-order chi connectivity index (χ0) is 11.6. The van der Waals surface area contributed by atoms with E-state index in [1.165, 1.54) is 0 Å². The minimum Gasteiger partial charge on any atom is -0.396 e. The molecule has 0 aliphatic rings. The second-order valence-electron chi connectivity index (χ2n) is 3.70. The van der Waals surface area contributed by atoms with E-state index in [0.717, 1.165) is 44.8 Å². The van der Waals surface area contributed by atoms with Crippen LogP contribution in [0.15, 0.2) is 12.5 Å². The van der Waals surface area contributed by atoms with E-state index in [9.17, 15) is 0 Å². The number of imidazole rings is 1. The van der Waals surface area contributed by atoms with Crippen LogP contribution in [-0.2, 0) is 17.8 Å². The van der Waals surface area contributed by atoms with Crippen LogP contribution in [0.3, 0.4) is 0 Å². The predicted octanol–water partition coefficient (Wildman–Crippen LogP) is 0.392. The quantitative estimate of drug-likeness (QED) is 0.599. The Balaban J connectivity index is 2.17. The molecule has 0 spiro atoms. The molecule has 0 aliphatic heterocycles. The van der Waals surface area contributed by atoms with Crippen LogP contribution in [0.5, 0.6) is 0 Å². The maximum Gasteiger partial charge on any atom is 0.0949 e. The van der Waals surface area contributed by atoms with E-state index >= 15 is 0 Å². The standard InChI is InChI=1S/C11H21N3O2/c1-16-7-4-12-8-11-9-14(10-13-11)5-2-3-6-15/h9-10,12,15H,2-8H2,1H3. The van der Waals surface area contributed by atoms with Crippen molar-refractivity contribution in [1.82, 2.24) is 14.9 Å². The van der Waals surface area contributed by atoms with Crippen molar-refractivity contribution < 1.29 is 9.84 Å². The molecular weight excluding hydrogens is 206 g/mol. The van der Waals surface area contributed by atoms with Crippen LogP contribution in [0, 0.1) is 0 Å². The van der Waals surface area contributed by atoms with Crippen molar-refractivity contribution in [2.45, 2.75) is 25.9 Å². The van der Waals surface area contributed by atoms with Gasteiger partial charge in [0, 0.05) is 39.5 Å². The van der Waals surface area contributed by atoms with Gasteiger partial charge in [-0.2, -0.15) is 0 Å². The number of rotatable bonds is 9. The molecule has 92 valence electrons. The van der Waals surface area contributed by atoms with E-state index in [4.69, 9.17) is 9.84 Å². The van der Waals surface area contributed by atoms with E-state index in [-0.39, 0.29) is 6.61 Å². The van der Waals surface area contributed by atoms with Crippen molar-refractivity contribution in [1.29, 1.82) is 0 Å². The molecule has 0 fully saturated rings. The number of aryl methyl sites for hydroxylation is 1. The first kappa shape index (κ1) is 13.2. The van der Waals surface area contributed by atoms with Crippen LogP contribution < -0.4 is 5.32 Å². The first-order valence-corrected chi connectivity index (χ1v) is 5.68. The normalized spacial score (nSPS) is 10.9. The summed E-state index contributed by atoms with van der Waals surface area (Å²) in [5.41, 5.74) is 1.04. The van der Waals surface area contributed by atoms with Crippen LogP contribution in [0.4, 0.5) is 0 Å². The van der Waals surface area contributed by atoms with Crippen molar-refractivity contribution in [3.05, 3.63) is 18.2 Å². The third kappa shape index (κ3) is 5.25. The molecule has 0 amide bonds. The Morgan fingerprint density at radius 3 is 3.12 bits per heavy atom. The molecule has 1 aromatic heterocycles. The molecule has 1 aromatic rings. The maximum absolute atomic E-state index is 8.67. The number of nitrogens with zero attached hydrogens (tertiary/aromatic N) is 2. The van der Waals surface area contributed by atoms with Crippen molar-refractivity contribution in [3.8, 4) is 0 Å². The molecule has 0 unspecified atom stereocenters. The number of unbranched alkanes of at least 4 members (excludes halogenated alkanes) is 1. The summed E-state index contributed by atoms with van der Waals surface area (Å²) in [7, 11) is 1.69. The molecule has 2 N–H and O–H groups in total. The third-order valence-electron chi connectivity index (χ3n) is 2.30. The second-order valence-corrected chi connectivity index (χ2v) is 3.70. The monoisotopic (exact) mass is 227 g/mol. The Labute approximate surface area is 96.4 Å². The molecule has 5 nitrogen and oxygen atoms in total. The Hall–Kier alpha value is -0.910. The van der Waals surface area contributed by atoms with Gasteiger partial charge in [-0.05, 0) is 12.8 Å². The van der Waals surface area contributed by atoms with Gasteiger partial charge in [-0.25, -0.2) is 4.98 Å². The molecule has 0 saturated heterocycles. The second kappa shape index (κ2) is 8.27. The molecular formula is C11H21N3O2. The molecule has 1 heterocycles. The van der Waals surface area contributed by atoms with Gasteiger partial charge in [0.25, 0.3) is 0 Å². The highest BCUT2D eigenvalue weighted by Crippen LogP contribution is 1.99. The van der Waals surface area contributed by atoms with Gasteiger partial charge in [-0.1, -0.05) is 0 Å². The average molecular weight is 227 g/mol. The number of nitrogens with one attached hydrogen (secondary N) is 1. The van der Waals surface area contributed by atoms with Gasteiger partial charge in [0.15, 0.2) is 0 Å². The van der Waals surface area contributed by atoms with Gasteiger partial charge in [-0.15, -0.1) is 0 Å². The van der Waals surface area contributed by atoms with Crippen LogP contribution >= 0.6 is 0 Å². The Kier molecular flexibility index (Phi) is 6.80. The van der Waals surface area contributed by atoms with Crippen molar-refractivity contribution in [3.63, 3.8) is 0 Å². The van der Waals surface area contributed by atoms with Crippen molar-refractivity contribution in [2.75, 3.05) is 26.9 Å². The van der Waals surface area contributed by atoms with Gasteiger partial charge in [0.1, 0.15) is 0 Å². The van der Waals surface area contributed by atoms with Crippen LogP contribution in [-0.4, -0.2) is 41.5 Å². The van der Waals surface area contributed by atoms with Gasteiger partial charge in [0.2, 0.25) is 0 Å². The summed E-state index contributed by atoms with van der Waals surface area (Å²) in [6, 6.07) is 0. The van der Waals surface area contributed by atoms with E-state index in [0.29, 0.717) is 0 Å². The number of aromatic nitrogens is 2. The highest BCUT2D eigenvalue weighted by molar-refractivity contribution is 4.95. The minimum absolute atomic E-state index is 0.264. The summed E-state index contributed by atoms with van der Waals surface area (Å²) in [6.07, 6.45) is 5.71. The Morgan fingerprint density at radius 1 is 1.50 bits per heavy atom. The fourth-order valence-electron chi connectivity index (χ4n) is 1.42. The van der Waals surface area contributed by atoms with Crippen LogP contribution in [0.1, 0.15) is 18.5 Å². The van der Waals surface area contributed by atoms with Gasteiger partial charge < -0.3 is 19.7 Å². The predicted molar refractivity (Wildman–Crippen MR) is 62.1 cm³/mol. The Bertz CT molecular complexity index is 276. The van der Waals surface area contributed by atoms with Crippen LogP contribution in [0.2, 0.25) is 0 Å². The summed E-state index contributed by atoms with van der Waals surface area (Å²) in [6.45, 7) is 3.52. The lowest BCUT2D eigenvalue weighted by Gasteiger charge is -2.01. The summed E-state index contributed by atoms with van der Waals surface area (Å²) in [5.74, 6) is 0. The van der Waals surface area contributed by atoms with E-state index in [2.05, 4.69) is 14.9 Å². The topological polar surface area (TPSA) is 59.3 Å². The summed E-state index contributed by atoms with van der Waals surface area (Å²) in [5, 5.41) is 11.9. The first-order valence-electron chi connectivity index (χ1n) is 5.68. The number of aliphatic hydroxyl groups is 1. The summed E-state index contributed by atoms with van der Waals surface area (Å²) in [4.78, 5) is 4.29. The van der Waals surface area contributed by atoms with E-state index < -0.39 is 0 Å². The third-order valence-corrected chi connectivity index (χ3v) is 2.30. The number of aliphatic hydroxyl groups excluding tert-OH is 1. The molecule has 0 aliphatic carbocycles. The zero-order valence-corrected chi connectivity index (χ0v) is 9.85. The SMILES string of the molecule is COCCNCc1cn(CCCCO)cn1. The number of hydrogen-bond donors (Lipinski definition) is 2. The van der Waals surface area contributed by atoms with E-state index in [1.54, 1.807) is 7.11 Å². The van der Waals surface area contributed by atoms with Crippen molar-refractivity contribution in [2.24, 2.45) is 0 Å². The number of methoxy groups -OCH3 is 1. The number of hydrogen-bond acceptors (Lipinski definition) is 4. The van der Waals surface area contributed by atoms with Gasteiger partial charge in [-0.3, -0.25) is 0 Å². The number of ether oxygens (including phenoxy) is 1. The zero-order valence-electron chi connectivity index (χ0n) is 9.85. The fraction of sp³-hybridized carbons (Fsp3) is 0.727. The smallest absolute Gasteiger partial charge is 0.0949 e. The molecule has 0 aromatic carbocycles. The molecule has 1 rings (SSSR count). The molecule has 0 bridgehead atoms. The van der Waals surface area contributed by atoms with Crippen molar-refractivity contribution >= 4 is 0 Å².